The molecule has 1 aromatic carbocycles. The van der Waals surface area contributed by atoms with Crippen molar-refractivity contribution in [2.45, 2.75) is 31.6 Å². The highest BCUT2D eigenvalue weighted by Crippen LogP contribution is 2.45. The number of ketones is 1. The molecule has 2 aromatic heterocycles. The molecule has 2 aliphatic rings. The maximum Gasteiger partial charge on any atom is 0.255 e. The predicted octanol–water partition coefficient (Wildman–Crippen LogP) is 4.81. The number of nitrogens with zero attached hydrogens (tertiary/aromatic N) is 1. The highest BCUT2D eigenvalue weighted by molar-refractivity contribution is 6.09. The van der Waals surface area contributed by atoms with E-state index in [9.17, 15) is 14.0 Å². The van der Waals surface area contributed by atoms with Gasteiger partial charge in [-0.25, -0.2) is 9.37 Å². The smallest absolute Gasteiger partial charge is 0.255 e. The molecule has 0 radical (unpaired) electrons. The summed E-state index contributed by atoms with van der Waals surface area (Å²) < 4.78 is 19.2. The Morgan fingerprint density at radius 1 is 1.12 bits per heavy atom. The second-order valence-corrected chi connectivity index (χ2v) is 8.25. The van der Waals surface area contributed by atoms with Gasteiger partial charge in [0.2, 0.25) is 0 Å². The van der Waals surface area contributed by atoms with E-state index in [1.54, 1.807) is 42.8 Å². The molecule has 2 N–H and O–H groups in total. The second kappa shape index (κ2) is 8.50. The number of carbonyl (C=O) groups excluding carboxylic acids is 2. The van der Waals surface area contributed by atoms with E-state index in [1.165, 1.54) is 12.1 Å². The number of benzene rings is 1. The van der Waals surface area contributed by atoms with Crippen molar-refractivity contribution in [1.82, 2.24) is 10.3 Å². The average Bonchev–Trinajstić information content (AvgIpc) is 3.34. The lowest BCUT2D eigenvalue weighted by atomic mass is 9.72. The topological polar surface area (TPSA) is 84.2 Å². The van der Waals surface area contributed by atoms with E-state index in [4.69, 9.17) is 4.42 Å². The summed E-state index contributed by atoms with van der Waals surface area (Å²) in [6.45, 7) is 1.81. The van der Waals surface area contributed by atoms with Crippen molar-refractivity contribution in [1.29, 1.82) is 0 Å². The van der Waals surface area contributed by atoms with Gasteiger partial charge in [-0.1, -0.05) is 18.2 Å². The molecule has 7 heteroatoms. The average molecular weight is 443 g/mol. The Balaban J connectivity index is 1.57. The molecule has 1 amide bonds. The van der Waals surface area contributed by atoms with Crippen LogP contribution in [0.15, 0.2) is 94.0 Å². The summed E-state index contributed by atoms with van der Waals surface area (Å²) in [6, 6.07) is 14.9. The van der Waals surface area contributed by atoms with Gasteiger partial charge in [-0.15, -0.1) is 0 Å². The number of furan rings is 1. The normalized spacial score (nSPS) is 20.4. The molecule has 0 fully saturated rings. The van der Waals surface area contributed by atoms with Crippen molar-refractivity contribution in [2.24, 2.45) is 0 Å². The van der Waals surface area contributed by atoms with Crippen LogP contribution in [-0.2, 0) is 9.59 Å². The Morgan fingerprint density at radius 2 is 1.94 bits per heavy atom. The first-order valence-electron chi connectivity index (χ1n) is 10.8. The third-order valence-corrected chi connectivity index (χ3v) is 6.13. The minimum absolute atomic E-state index is 0.0601. The number of Topliss-reactive ketones (excluding diaryl/α,β-unsaturated/α-hetero) is 1. The van der Waals surface area contributed by atoms with Gasteiger partial charge in [0.05, 0.1) is 6.26 Å². The quantitative estimate of drug-likeness (QED) is 0.604. The van der Waals surface area contributed by atoms with E-state index in [1.807, 2.05) is 19.1 Å². The fourth-order valence-corrected chi connectivity index (χ4v) is 4.67. The number of aromatic nitrogens is 1. The lowest BCUT2D eigenvalue weighted by molar-refractivity contribution is -0.116. The van der Waals surface area contributed by atoms with E-state index in [0.29, 0.717) is 34.6 Å². The first kappa shape index (κ1) is 20.9. The van der Waals surface area contributed by atoms with Crippen LogP contribution in [0.2, 0.25) is 0 Å². The summed E-state index contributed by atoms with van der Waals surface area (Å²) in [5.41, 5.74) is 3.05. The van der Waals surface area contributed by atoms with Crippen LogP contribution in [0.25, 0.3) is 0 Å². The van der Waals surface area contributed by atoms with Crippen LogP contribution in [0.1, 0.15) is 42.9 Å². The number of pyridine rings is 1. The van der Waals surface area contributed by atoms with E-state index in [0.717, 1.165) is 11.5 Å². The molecule has 6 nitrogen and oxygen atoms in total. The highest BCUT2D eigenvalue weighted by Gasteiger charge is 2.41. The summed E-state index contributed by atoms with van der Waals surface area (Å²) in [6.07, 6.45) is 4.05. The summed E-state index contributed by atoms with van der Waals surface area (Å²) in [7, 11) is 0. The van der Waals surface area contributed by atoms with Crippen LogP contribution in [0.5, 0.6) is 0 Å². The van der Waals surface area contributed by atoms with Gasteiger partial charge in [-0.05, 0) is 55.3 Å². The number of allylic oxidation sites excluding steroid dienone is 3. The number of carbonyl (C=O) groups is 2. The van der Waals surface area contributed by atoms with Gasteiger partial charge in [0.1, 0.15) is 17.4 Å². The van der Waals surface area contributed by atoms with Gasteiger partial charge in [-0.2, -0.15) is 0 Å². The van der Waals surface area contributed by atoms with Crippen molar-refractivity contribution in [3.05, 3.63) is 107 Å². The molecule has 0 unspecified atom stereocenters. The molecule has 3 heterocycles. The predicted molar refractivity (Wildman–Crippen MR) is 121 cm³/mol. The Hall–Kier alpha value is -4.00. The van der Waals surface area contributed by atoms with Gasteiger partial charge >= 0.3 is 0 Å². The van der Waals surface area contributed by atoms with E-state index in [2.05, 4.69) is 15.6 Å². The van der Waals surface area contributed by atoms with Crippen LogP contribution >= 0.6 is 0 Å². The number of halogens is 1. The van der Waals surface area contributed by atoms with Crippen molar-refractivity contribution in [2.75, 3.05) is 5.32 Å². The highest BCUT2D eigenvalue weighted by atomic mass is 19.1. The Morgan fingerprint density at radius 3 is 2.64 bits per heavy atom. The minimum atomic E-state index is -0.615. The SMILES string of the molecule is CC1=C(C(=O)Nc2ccccn2)[C@H](c2ccc(F)cc2)C2=C(C[C@@H](c3ccco3)CC2=O)N1. The summed E-state index contributed by atoms with van der Waals surface area (Å²) in [4.78, 5) is 31.0. The Bertz CT molecular complexity index is 1260. The maximum absolute atomic E-state index is 13.7. The van der Waals surface area contributed by atoms with E-state index >= 15 is 0 Å². The van der Waals surface area contributed by atoms with E-state index < -0.39 is 5.92 Å². The van der Waals surface area contributed by atoms with Crippen LogP contribution in [-0.4, -0.2) is 16.7 Å². The van der Waals surface area contributed by atoms with Gasteiger partial charge in [0.25, 0.3) is 5.91 Å². The fraction of sp³-hybridized carbons (Fsp3) is 0.192. The zero-order valence-corrected chi connectivity index (χ0v) is 18.0. The standard InChI is InChI=1S/C26H22FN3O3/c1-15-23(26(32)30-22-6-2-3-11-28-22)24(16-7-9-18(27)10-8-16)25-19(29-15)13-17(14-20(25)31)21-5-4-12-33-21/h2-12,17,24,29H,13-14H2,1H3,(H,28,30,32)/t17-,24+/m1/s1. The monoisotopic (exact) mass is 443 g/mol. The Kier molecular flexibility index (Phi) is 5.38. The number of dihydropyridines is 1. The molecule has 5 rings (SSSR count). The Labute approximate surface area is 190 Å². The second-order valence-electron chi connectivity index (χ2n) is 8.25. The van der Waals surface area contributed by atoms with Crippen molar-refractivity contribution in [3.63, 3.8) is 0 Å². The number of hydrogen-bond acceptors (Lipinski definition) is 5. The first-order chi connectivity index (χ1) is 16.0. The number of nitrogens with one attached hydrogen (secondary N) is 2. The number of hydrogen-bond donors (Lipinski definition) is 2. The zero-order chi connectivity index (χ0) is 22.9. The maximum atomic E-state index is 13.7. The number of rotatable bonds is 4. The third kappa shape index (κ3) is 3.98. The summed E-state index contributed by atoms with van der Waals surface area (Å²) in [5, 5.41) is 6.13. The van der Waals surface area contributed by atoms with Gasteiger partial charge in [-0.3, -0.25) is 9.59 Å². The fourth-order valence-electron chi connectivity index (χ4n) is 4.67. The molecule has 166 valence electrons. The van der Waals surface area contributed by atoms with Gasteiger partial charge in [0, 0.05) is 47.0 Å². The third-order valence-electron chi connectivity index (χ3n) is 6.13. The van der Waals surface area contributed by atoms with Crippen molar-refractivity contribution < 1.29 is 18.4 Å². The van der Waals surface area contributed by atoms with Crippen molar-refractivity contribution in [3.8, 4) is 0 Å². The molecule has 0 saturated heterocycles. The van der Waals surface area contributed by atoms with Crippen LogP contribution < -0.4 is 10.6 Å². The molecule has 1 aliphatic carbocycles. The first-order valence-corrected chi connectivity index (χ1v) is 10.8. The number of anilines is 1. The molecule has 0 spiro atoms. The van der Waals surface area contributed by atoms with E-state index in [-0.39, 0.29) is 29.8 Å². The lowest BCUT2D eigenvalue weighted by Gasteiger charge is -2.36. The molecule has 1 aliphatic heterocycles. The molecule has 2 atom stereocenters. The summed E-state index contributed by atoms with van der Waals surface area (Å²) in [5.74, 6) is -0.325. The molecule has 33 heavy (non-hydrogen) atoms. The molecule has 0 saturated carbocycles. The largest absolute Gasteiger partial charge is 0.469 e. The van der Waals surface area contributed by atoms with Crippen LogP contribution in [0.3, 0.4) is 0 Å². The van der Waals surface area contributed by atoms with Crippen molar-refractivity contribution >= 4 is 17.5 Å². The summed E-state index contributed by atoms with van der Waals surface area (Å²) >= 11 is 0. The van der Waals surface area contributed by atoms with Gasteiger partial charge < -0.3 is 15.1 Å². The van der Waals surface area contributed by atoms with Crippen LogP contribution in [0, 0.1) is 5.82 Å². The van der Waals surface area contributed by atoms with Crippen LogP contribution in [0.4, 0.5) is 10.2 Å². The zero-order valence-electron chi connectivity index (χ0n) is 18.0. The molecular formula is C26H22FN3O3. The molecular weight excluding hydrogens is 421 g/mol. The molecule has 3 aromatic rings. The number of amides is 1. The lowest BCUT2D eigenvalue weighted by Crippen LogP contribution is -2.37. The minimum Gasteiger partial charge on any atom is -0.469 e. The molecule has 0 bridgehead atoms. The van der Waals surface area contributed by atoms with Gasteiger partial charge in [0.15, 0.2) is 5.78 Å².